The second-order valence-electron chi connectivity index (χ2n) is 4.83. The summed E-state index contributed by atoms with van der Waals surface area (Å²) in [5.74, 6) is 1.34. The fraction of sp³-hybridized carbons (Fsp3) is 0.0588. The third kappa shape index (κ3) is 2.44. The van der Waals surface area contributed by atoms with E-state index < -0.39 is 0 Å². The third-order valence-electron chi connectivity index (χ3n) is 3.34. The van der Waals surface area contributed by atoms with Crippen molar-refractivity contribution in [1.29, 1.82) is 0 Å². The van der Waals surface area contributed by atoms with Crippen LogP contribution in [0.5, 0.6) is 5.75 Å². The van der Waals surface area contributed by atoms with Crippen molar-refractivity contribution in [3.05, 3.63) is 73.1 Å². The van der Waals surface area contributed by atoms with Crippen molar-refractivity contribution in [2.24, 2.45) is 0 Å². The van der Waals surface area contributed by atoms with Crippen LogP contribution in [0.25, 0.3) is 16.8 Å². The van der Waals surface area contributed by atoms with E-state index in [4.69, 9.17) is 9.15 Å². The molecule has 0 bridgehead atoms. The molecule has 5 nitrogen and oxygen atoms in total. The molecule has 2 heterocycles. The average molecular weight is 291 g/mol. The smallest absolute Gasteiger partial charge is 0.233 e. The summed E-state index contributed by atoms with van der Waals surface area (Å²) < 4.78 is 13.3. The number of para-hydroxylation sites is 2. The molecule has 0 saturated carbocycles. The first-order chi connectivity index (χ1) is 10.9. The van der Waals surface area contributed by atoms with Gasteiger partial charge in [-0.15, -0.1) is 0 Å². The maximum absolute atomic E-state index is 5.71. The van der Waals surface area contributed by atoms with Crippen molar-refractivity contribution in [2.45, 2.75) is 6.61 Å². The van der Waals surface area contributed by atoms with E-state index in [2.05, 4.69) is 9.97 Å². The van der Waals surface area contributed by atoms with Gasteiger partial charge >= 0.3 is 0 Å². The minimum Gasteiger partial charge on any atom is -0.484 e. The van der Waals surface area contributed by atoms with E-state index in [0.717, 1.165) is 22.5 Å². The van der Waals surface area contributed by atoms with Crippen LogP contribution in [-0.4, -0.2) is 14.5 Å². The van der Waals surface area contributed by atoms with Crippen molar-refractivity contribution >= 4 is 11.1 Å². The Labute approximate surface area is 126 Å². The maximum Gasteiger partial charge on any atom is 0.233 e. The second kappa shape index (κ2) is 5.37. The van der Waals surface area contributed by atoms with Gasteiger partial charge in [-0.3, -0.25) is 0 Å². The van der Waals surface area contributed by atoms with Crippen LogP contribution in [0.1, 0.15) is 5.89 Å². The summed E-state index contributed by atoms with van der Waals surface area (Å²) in [4.78, 5) is 8.41. The number of rotatable bonds is 4. The third-order valence-corrected chi connectivity index (χ3v) is 3.34. The molecule has 5 heteroatoms. The first-order valence-corrected chi connectivity index (χ1v) is 6.94. The lowest BCUT2D eigenvalue weighted by atomic mass is 10.3. The summed E-state index contributed by atoms with van der Waals surface area (Å²) in [5, 5.41) is 0. The Morgan fingerprint density at radius 2 is 1.91 bits per heavy atom. The molecule has 0 N–H and O–H groups in total. The Balaban J connectivity index is 1.47. The first kappa shape index (κ1) is 12.6. The van der Waals surface area contributed by atoms with Crippen LogP contribution in [0.4, 0.5) is 0 Å². The quantitative estimate of drug-likeness (QED) is 0.576. The zero-order valence-electron chi connectivity index (χ0n) is 11.7. The number of hydrogen-bond donors (Lipinski definition) is 0. The summed E-state index contributed by atoms with van der Waals surface area (Å²) in [6, 6.07) is 15.5. The normalized spacial score (nSPS) is 10.9. The molecule has 0 fully saturated rings. The highest BCUT2D eigenvalue weighted by molar-refractivity contribution is 5.72. The molecule has 2 aromatic carbocycles. The molecule has 4 rings (SSSR count). The largest absolute Gasteiger partial charge is 0.484 e. The summed E-state index contributed by atoms with van der Waals surface area (Å²) >= 11 is 0. The van der Waals surface area contributed by atoms with Gasteiger partial charge in [0.25, 0.3) is 0 Å². The van der Waals surface area contributed by atoms with Crippen LogP contribution in [0.15, 0.2) is 71.7 Å². The topological polar surface area (TPSA) is 53.1 Å². The molecule has 4 aromatic rings. The Morgan fingerprint density at radius 1 is 1.05 bits per heavy atom. The average Bonchev–Trinajstić information content (AvgIpc) is 3.22. The molecule has 0 aliphatic heterocycles. The maximum atomic E-state index is 5.71. The number of hydrogen-bond acceptors (Lipinski definition) is 4. The summed E-state index contributed by atoms with van der Waals surface area (Å²) in [5.41, 5.74) is 2.65. The van der Waals surface area contributed by atoms with Crippen molar-refractivity contribution in [3.63, 3.8) is 0 Å². The second-order valence-corrected chi connectivity index (χ2v) is 4.83. The van der Waals surface area contributed by atoms with Gasteiger partial charge in [-0.05, 0) is 36.4 Å². The van der Waals surface area contributed by atoms with Gasteiger partial charge in [0, 0.05) is 18.1 Å². The summed E-state index contributed by atoms with van der Waals surface area (Å²) in [6.07, 6.45) is 5.40. The molecule has 0 atom stereocenters. The fourth-order valence-electron chi connectivity index (χ4n) is 2.25. The molecule has 108 valence electrons. The first-order valence-electron chi connectivity index (χ1n) is 6.94. The van der Waals surface area contributed by atoms with Crippen LogP contribution < -0.4 is 4.74 Å². The molecule has 22 heavy (non-hydrogen) atoms. The van der Waals surface area contributed by atoms with Crippen molar-refractivity contribution < 1.29 is 9.15 Å². The standard InChI is InChI=1S/C17H13N3O2/c1-2-4-16-15(3-1)19-17(22-16)11-21-14-7-5-13(6-8-14)20-10-9-18-12-20/h1-10,12H,11H2. The molecule has 0 aliphatic carbocycles. The number of nitrogens with zero attached hydrogens (tertiary/aromatic N) is 3. The molecule has 0 saturated heterocycles. The summed E-state index contributed by atoms with van der Waals surface area (Å²) in [6.45, 7) is 0.305. The highest BCUT2D eigenvalue weighted by Gasteiger charge is 2.05. The van der Waals surface area contributed by atoms with Crippen molar-refractivity contribution in [1.82, 2.24) is 14.5 Å². The van der Waals surface area contributed by atoms with Crippen LogP contribution in [0.3, 0.4) is 0 Å². The number of aromatic nitrogens is 3. The molecule has 0 amide bonds. The van der Waals surface area contributed by atoms with Crippen LogP contribution >= 0.6 is 0 Å². The number of benzene rings is 2. The number of fused-ring (bicyclic) bond motifs is 1. The molecular weight excluding hydrogens is 278 g/mol. The van der Waals surface area contributed by atoms with E-state index in [1.54, 1.807) is 12.5 Å². The predicted molar refractivity (Wildman–Crippen MR) is 81.9 cm³/mol. The number of imidazole rings is 1. The van der Waals surface area contributed by atoms with Gasteiger partial charge in [0.05, 0.1) is 6.33 Å². The van der Waals surface area contributed by atoms with Gasteiger partial charge in [-0.1, -0.05) is 12.1 Å². The highest BCUT2D eigenvalue weighted by Crippen LogP contribution is 2.18. The lowest BCUT2D eigenvalue weighted by Crippen LogP contribution is -1.96. The molecule has 0 aliphatic rings. The Morgan fingerprint density at radius 3 is 2.68 bits per heavy atom. The minimum atomic E-state index is 0.305. The molecule has 2 aromatic heterocycles. The molecule has 0 spiro atoms. The van der Waals surface area contributed by atoms with Crippen molar-refractivity contribution in [2.75, 3.05) is 0 Å². The van der Waals surface area contributed by atoms with E-state index >= 15 is 0 Å². The van der Waals surface area contributed by atoms with E-state index in [9.17, 15) is 0 Å². The van der Waals surface area contributed by atoms with E-state index in [0.29, 0.717) is 12.5 Å². The van der Waals surface area contributed by atoms with E-state index in [1.165, 1.54) is 0 Å². The zero-order valence-corrected chi connectivity index (χ0v) is 11.7. The van der Waals surface area contributed by atoms with Crippen molar-refractivity contribution in [3.8, 4) is 11.4 Å². The Hall–Kier alpha value is -3.08. The SMILES string of the molecule is c1ccc2oc(COc3ccc(-n4ccnc4)cc3)nc2c1. The van der Waals surface area contributed by atoms with Gasteiger partial charge in [0.15, 0.2) is 12.2 Å². The van der Waals surface area contributed by atoms with Crippen LogP contribution in [0.2, 0.25) is 0 Å². The van der Waals surface area contributed by atoms with Gasteiger partial charge in [-0.2, -0.15) is 0 Å². The Kier molecular flexibility index (Phi) is 3.08. The van der Waals surface area contributed by atoms with Gasteiger partial charge in [-0.25, -0.2) is 9.97 Å². The zero-order chi connectivity index (χ0) is 14.8. The lowest BCUT2D eigenvalue weighted by molar-refractivity contribution is 0.267. The monoisotopic (exact) mass is 291 g/mol. The molecule has 0 unspecified atom stereocenters. The number of oxazole rings is 1. The van der Waals surface area contributed by atoms with E-state index in [1.807, 2.05) is 59.3 Å². The lowest BCUT2D eigenvalue weighted by Gasteiger charge is -2.05. The van der Waals surface area contributed by atoms with Gasteiger partial charge < -0.3 is 13.7 Å². The predicted octanol–water partition coefficient (Wildman–Crippen LogP) is 3.59. The van der Waals surface area contributed by atoms with E-state index in [-0.39, 0.29) is 0 Å². The number of ether oxygens (including phenoxy) is 1. The minimum absolute atomic E-state index is 0.305. The highest BCUT2D eigenvalue weighted by atomic mass is 16.5. The Bertz CT molecular complexity index is 847. The fourth-order valence-corrected chi connectivity index (χ4v) is 2.25. The molecular formula is C17H13N3O2. The van der Waals surface area contributed by atoms with Gasteiger partial charge in [0.1, 0.15) is 11.3 Å². The van der Waals surface area contributed by atoms with Gasteiger partial charge in [0.2, 0.25) is 5.89 Å². The van der Waals surface area contributed by atoms with Crippen LogP contribution in [0, 0.1) is 0 Å². The summed E-state index contributed by atoms with van der Waals surface area (Å²) in [7, 11) is 0. The van der Waals surface area contributed by atoms with Crippen LogP contribution in [-0.2, 0) is 6.61 Å². The molecule has 0 radical (unpaired) electrons.